The van der Waals surface area contributed by atoms with Crippen molar-refractivity contribution < 1.29 is 4.79 Å². The molecule has 1 aliphatic rings. The van der Waals surface area contributed by atoms with Crippen LogP contribution in [0.3, 0.4) is 0 Å². The first kappa shape index (κ1) is 11.8. The SMILES string of the molecule is Cc1cc(C(=O)N2CC(C)CC2C)nc(N)n1. The van der Waals surface area contributed by atoms with Gasteiger partial charge in [-0.15, -0.1) is 0 Å². The van der Waals surface area contributed by atoms with Crippen LogP contribution in [0.5, 0.6) is 0 Å². The molecule has 1 aromatic rings. The van der Waals surface area contributed by atoms with Gasteiger partial charge in [0.1, 0.15) is 5.69 Å². The molecule has 92 valence electrons. The minimum Gasteiger partial charge on any atom is -0.368 e. The fraction of sp³-hybridized carbons (Fsp3) is 0.583. The number of carbonyl (C=O) groups is 1. The van der Waals surface area contributed by atoms with E-state index in [1.807, 2.05) is 11.8 Å². The summed E-state index contributed by atoms with van der Waals surface area (Å²) >= 11 is 0. The van der Waals surface area contributed by atoms with Crippen LogP contribution in [0.15, 0.2) is 6.07 Å². The molecule has 17 heavy (non-hydrogen) atoms. The van der Waals surface area contributed by atoms with Gasteiger partial charge in [0.05, 0.1) is 0 Å². The third kappa shape index (κ3) is 2.38. The van der Waals surface area contributed by atoms with Crippen molar-refractivity contribution in [2.24, 2.45) is 5.92 Å². The third-order valence-corrected chi connectivity index (χ3v) is 3.14. The van der Waals surface area contributed by atoms with Gasteiger partial charge in [-0.2, -0.15) is 0 Å². The Labute approximate surface area is 101 Å². The number of nitrogens with two attached hydrogens (primary N) is 1. The highest BCUT2D eigenvalue weighted by molar-refractivity contribution is 5.93. The maximum atomic E-state index is 12.3. The number of carbonyl (C=O) groups excluding carboxylic acids is 1. The number of nitrogens with zero attached hydrogens (tertiary/aromatic N) is 3. The van der Waals surface area contributed by atoms with Crippen LogP contribution in [0.2, 0.25) is 0 Å². The highest BCUT2D eigenvalue weighted by atomic mass is 16.2. The minimum atomic E-state index is -0.0425. The average molecular weight is 234 g/mol. The number of hydrogen-bond donors (Lipinski definition) is 1. The zero-order valence-corrected chi connectivity index (χ0v) is 10.5. The first-order chi connectivity index (χ1) is 7.97. The Bertz CT molecular complexity index is 426. The normalized spacial score (nSPS) is 24.1. The molecule has 2 atom stereocenters. The molecule has 1 amide bonds. The predicted molar refractivity (Wildman–Crippen MR) is 65.5 cm³/mol. The maximum Gasteiger partial charge on any atom is 0.272 e. The molecule has 1 saturated heterocycles. The van der Waals surface area contributed by atoms with Gasteiger partial charge >= 0.3 is 0 Å². The lowest BCUT2D eigenvalue weighted by molar-refractivity contribution is 0.0737. The van der Waals surface area contributed by atoms with Crippen molar-refractivity contribution in [2.45, 2.75) is 33.2 Å². The fourth-order valence-electron chi connectivity index (χ4n) is 2.43. The van der Waals surface area contributed by atoms with E-state index in [0.29, 0.717) is 11.6 Å². The Morgan fingerprint density at radius 2 is 2.18 bits per heavy atom. The molecule has 1 aliphatic heterocycles. The number of anilines is 1. The Balaban J connectivity index is 2.25. The molecular weight excluding hydrogens is 216 g/mol. The van der Waals surface area contributed by atoms with Crippen LogP contribution in [0.25, 0.3) is 0 Å². The monoisotopic (exact) mass is 234 g/mol. The first-order valence-corrected chi connectivity index (χ1v) is 5.89. The van der Waals surface area contributed by atoms with Crippen LogP contribution in [0.1, 0.15) is 36.5 Å². The van der Waals surface area contributed by atoms with Crippen molar-refractivity contribution in [3.63, 3.8) is 0 Å². The average Bonchev–Trinajstić information content (AvgIpc) is 2.55. The van der Waals surface area contributed by atoms with Gasteiger partial charge in [0.2, 0.25) is 5.95 Å². The topological polar surface area (TPSA) is 72.1 Å². The fourth-order valence-corrected chi connectivity index (χ4v) is 2.43. The summed E-state index contributed by atoms with van der Waals surface area (Å²) in [7, 11) is 0. The summed E-state index contributed by atoms with van der Waals surface area (Å²) < 4.78 is 0. The van der Waals surface area contributed by atoms with Crippen molar-refractivity contribution in [3.05, 3.63) is 17.5 Å². The van der Waals surface area contributed by atoms with Gasteiger partial charge in [-0.1, -0.05) is 6.92 Å². The smallest absolute Gasteiger partial charge is 0.272 e. The molecule has 0 radical (unpaired) electrons. The van der Waals surface area contributed by atoms with Crippen molar-refractivity contribution in [1.82, 2.24) is 14.9 Å². The molecule has 0 saturated carbocycles. The molecule has 1 fully saturated rings. The van der Waals surface area contributed by atoms with Gasteiger partial charge in [-0.05, 0) is 32.3 Å². The third-order valence-electron chi connectivity index (χ3n) is 3.14. The van der Waals surface area contributed by atoms with Gasteiger partial charge in [0.15, 0.2) is 0 Å². The summed E-state index contributed by atoms with van der Waals surface area (Å²) in [5.74, 6) is 0.668. The van der Waals surface area contributed by atoms with Crippen LogP contribution < -0.4 is 5.73 Å². The maximum absolute atomic E-state index is 12.3. The van der Waals surface area contributed by atoms with Crippen molar-refractivity contribution in [2.75, 3.05) is 12.3 Å². The molecule has 0 spiro atoms. The van der Waals surface area contributed by atoms with E-state index >= 15 is 0 Å². The molecule has 1 aromatic heterocycles. The zero-order valence-electron chi connectivity index (χ0n) is 10.5. The lowest BCUT2D eigenvalue weighted by Crippen LogP contribution is -2.34. The predicted octanol–water partition coefficient (Wildman–Crippen LogP) is 1.24. The van der Waals surface area contributed by atoms with E-state index in [4.69, 9.17) is 5.73 Å². The van der Waals surface area contributed by atoms with Crippen molar-refractivity contribution >= 4 is 11.9 Å². The molecular formula is C12H18N4O. The molecule has 2 heterocycles. The number of nitrogen functional groups attached to an aromatic ring is 1. The van der Waals surface area contributed by atoms with E-state index < -0.39 is 0 Å². The number of aryl methyl sites for hydroxylation is 1. The lowest BCUT2D eigenvalue weighted by Gasteiger charge is -2.21. The quantitative estimate of drug-likeness (QED) is 0.793. The summed E-state index contributed by atoms with van der Waals surface area (Å²) in [4.78, 5) is 22.1. The number of likely N-dealkylation sites (tertiary alicyclic amines) is 1. The Kier molecular flexibility index (Phi) is 3.00. The van der Waals surface area contributed by atoms with Crippen molar-refractivity contribution in [1.29, 1.82) is 0 Å². The molecule has 0 bridgehead atoms. The molecule has 2 N–H and O–H groups in total. The Morgan fingerprint density at radius 3 is 2.71 bits per heavy atom. The van der Waals surface area contributed by atoms with Crippen LogP contribution in [0, 0.1) is 12.8 Å². The highest BCUT2D eigenvalue weighted by Crippen LogP contribution is 2.24. The van der Waals surface area contributed by atoms with E-state index in [1.54, 1.807) is 6.07 Å². The molecule has 0 aromatic carbocycles. The summed E-state index contributed by atoms with van der Waals surface area (Å²) in [5, 5.41) is 0. The number of hydrogen-bond acceptors (Lipinski definition) is 4. The second-order valence-corrected chi connectivity index (χ2v) is 4.90. The standard InChI is InChI=1S/C12H18N4O/c1-7-4-9(3)16(6-7)11(17)10-5-8(2)14-12(13)15-10/h5,7,9H,4,6H2,1-3H3,(H2,13,14,15). The molecule has 5 nitrogen and oxygen atoms in total. The van der Waals surface area contributed by atoms with E-state index in [1.165, 1.54) is 0 Å². The van der Waals surface area contributed by atoms with Gasteiger partial charge in [-0.3, -0.25) is 4.79 Å². The van der Waals surface area contributed by atoms with E-state index in [9.17, 15) is 4.79 Å². The summed E-state index contributed by atoms with van der Waals surface area (Å²) in [5.41, 5.74) is 6.69. The number of amides is 1. The van der Waals surface area contributed by atoms with Gasteiger partial charge in [0.25, 0.3) is 5.91 Å². The highest BCUT2D eigenvalue weighted by Gasteiger charge is 2.31. The molecule has 0 aliphatic carbocycles. The summed E-state index contributed by atoms with van der Waals surface area (Å²) in [6, 6.07) is 1.96. The Morgan fingerprint density at radius 1 is 1.47 bits per heavy atom. The molecule has 2 unspecified atom stereocenters. The van der Waals surface area contributed by atoms with Crippen LogP contribution in [-0.4, -0.2) is 33.4 Å². The summed E-state index contributed by atoms with van der Waals surface area (Å²) in [6.07, 6.45) is 1.05. The summed E-state index contributed by atoms with van der Waals surface area (Å²) in [6.45, 7) is 6.83. The lowest BCUT2D eigenvalue weighted by atomic mass is 10.1. The van der Waals surface area contributed by atoms with E-state index in [0.717, 1.165) is 18.7 Å². The molecule has 2 rings (SSSR count). The first-order valence-electron chi connectivity index (χ1n) is 5.89. The largest absolute Gasteiger partial charge is 0.368 e. The van der Waals surface area contributed by atoms with Crippen LogP contribution in [0.4, 0.5) is 5.95 Å². The Hall–Kier alpha value is -1.65. The van der Waals surface area contributed by atoms with Crippen molar-refractivity contribution in [3.8, 4) is 0 Å². The van der Waals surface area contributed by atoms with E-state index in [2.05, 4.69) is 23.8 Å². The van der Waals surface area contributed by atoms with Gasteiger partial charge < -0.3 is 10.6 Å². The second-order valence-electron chi connectivity index (χ2n) is 4.90. The number of aromatic nitrogens is 2. The molecule has 5 heteroatoms. The zero-order chi connectivity index (χ0) is 12.6. The van der Waals surface area contributed by atoms with Gasteiger partial charge in [-0.25, -0.2) is 9.97 Å². The van der Waals surface area contributed by atoms with Crippen LogP contribution in [-0.2, 0) is 0 Å². The second kappa shape index (κ2) is 4.31. The number of rotatable bonds is 1. The minimum absolute atomic E-state index is 0.0425. The van der Waals surface area contributed by atoms with Gasteiger partial charge in [0, 0.05) is 18.3 Å². The van der Waals surface area contributed by atoms with Crippen LogP contribution >= 0.6 is 0 Å². The van der Waals surface area contributed by atoms with E-state index in [-0.39, 0.29) is 17.9 Å².